The van der Waals surface area contributed by atoms with Gasteiger partial charge in [-0.05, 0) is 31.0 Å². The summed E-state index contributed by atoms with van der Waals surface area (Å²) < 4.78 is 11.3. The second-order valence-electron chi connectivity index (χ2n) is 4.69. The van der Waals surface area contributed by atoms with Crippen LogP contribution < -0.4 is 15.7 Å². The number of carbonyl (C=O) groups is 1. The van der Waals surface area contributed by atoms with Gasteiger partial charge >= 0.3 is 5.63 Å². The molecule has 6 heteroatoms. The molecule has 0 saturated carbocycles. The van der Waals surface area contributed by atoms with E-state index in [4.69, 9.17) is 9.26 Å². The summed E-state index contributed by atoms with van der Waals surface area (Å²) in [7, 11) is 3.20. The molecule has 1 aromatic carbocycles. The van der Waals surface area contributed by atoms with Crippen molar-refractivity contribution in [3.8, 4) is 5.75 Å². The standard InChI is InChI=1S/C15H18N2O4/c1-10-13(15(19)21-17(10)2)14(18)16-8-7-11-5-4-6-12(9-11)20-3/h4-6,9H,7-8H2,1-3H3,(H,16,18). The number of carbonyl (C=O) groups excluding carboxylic acids is 1. The molecular weight excluding hydrogens is 272 g/mol. The van der Waals surface area contributed by atoms with E-state index in [1.807, 2.05) is 24.3 Å². The summed E-state index contributed by atoms with van der Waals surface area (Å²) in [4.78, 5) is 23.6. The molecule has 0 unspecified atom stereocenters. The molecule has 0 saturated heterocycles. The van der Waals surface area contributed by atoms with Gasteiger partial charge in [0.1, 0.15) is 11.3 Å². The van der Waals surface area contributed by atoms with Gasteiger partial charge in [0.05, 0.1) is 12.8 Å². The van der Waals surface area contributed by atoms with Crippen molar-refractivity contribution in [2.45, 2.75) is 13.3 Å². The van der Waals surface area contributed by atoms with E-state index < -0.39 is 11.5 Å². The lowest BCUT2D eigenvalue weighted by Gasteiger charge is -2.06. The summed E-state index contributed by atoms with van der Waals surface area (Å²) in [5.74, 6) is 0.364. The molecule has 1 N–H and O–H groups in total. The number of nitrogens with one attached hydrogen (secondary N) is 1. The summed E-state index contributed by atoms with van der Waals surface area (Å²) in [6.07, 6.45) is 0.653. The molecule has 1 heterocycles. The molecule has 0 bridgehead atoms. The first-order chi connectivity index (χ1) is 10.0. The van der Waals surface area contributed by atoms with Crippen LogP contribution in [0, 0.1) is 6.92 Å². The van der Waals surface area contributed by atoms with Crippen molar-refractivity contribution in [2.75, 3.05) is 13.7 Å². The Hall–Kier alpha value is -2.50. The van der Waals surface area contributed by atoms with Gasteiger partial charge in [0.15, 0.2) is 0 Å². The number of hydrogen-bond donors (Lipinski definition) is 1. The minimum Gasteiger partial charge on any atom is -0.497 e. The average molecular weight is 290 g/mol. The van der Waals surface area contributed by atoms with Crippen LogP contribution >= 0.6 is 0 Å². The van der Waals surface area contributed by atoms with Crippen molar-refractivity contribution in [1.82, 2.24) is 10.1 Å². The quantitative estimate of drug-likeness (QED) is 0.900. The number of aromatic nitrogens is 1. The Balaban J connectivity index is 1.97. The van der Waals surface area contributed by atoms with Gasteiger partial charge in [-0.25, -0.2) is 9.53 Å². The molecule has 2 rings (SSSR count). The average Bonchev–Trinajstić information content (AvgIpc) is 2.72. The Morgan fingerprint density at radius 3 is 2.81 bits per heavy atom. The maximum atomic E-state index is 12.0. The molecular formula is C15H18N2O4. The van der Waals surface area contributed by atoms with E-state index in [9.17, 15) is 9.59 Å². The minimum atomic E-state index is -0.617. The van der Waals surface area contributed by atoms with Gasteiger partial charge in [0, 0.05) is 13.6 Å². The van der Waals surface area contributed by atoms with Crippen LogP contribution in [0.3, 0.4) is 0 Å². The van der Waals surface area contributed by atoms with Crippen LogP contribution in [0.5, 0.6) is 5.75 Å². The summed E-state index contributed by atoms with van der Waals surface area (Å²) in [6, 6.07) is 7.62. The van der Waals surface area contributed by atoms with E-state index in [0.29, 0.717) is 18.7 Å². The first-order valence-corrected chi connectivity index (χ1v) is 6.61. The first-order valence-electron chi connectivity index (χ1n) is 6.61. The fraction of sp³-hybridized carbons (Fsp3) is 0.333. The highest BCUT2D eigenvalue weighted by molar-refractivity contribution is 5.94. The maximum absolute atomic E-state index is 12.0. The van der Waals surface area contributed by atoms with Crippen LogP contribution in [0.25, 0.3) is 0 Å². The Labute approximate surface area is 122 Å². The fourth-order valence-corrected chi connectivity index (χ4v) is 2.04. The van der Waals surface area contributed by atoms with Gasteiger partial charge in [-0.1, -0.05) is 12.1 Å². The molecule has 0 aliphatic heterocycles. The monoisotopic (exact) mass is 290 g/mol. The largest absolute Gasteiger partial charge is 0.497 e. The Morgan fingerprint density at radius 1 is 1.43 bits per heavy atom. The predicted octanol–water partition coefficient (Wildman–Crippen LogP) is 1.27. The normalized spacial score (nSPS) is 10.4. The predicted molar refractivity (Wildman–Crippen MR) is 77.7 cm³/mol. The Kier molecular flexibility index (Phi) is 4.47. The second kappa shape index (κ2) is 6.30. The minimum absolute atomic E-state index is 0.0585. The van der Waals surface area contributed by atoms with Crippen LogP contribution in [0.1, 0.15) is 21.6 Å². The number of ether oxygens (including phenoxy) is 1. The van der Waals surface area contributed by atoms with Gasteiger partial charge in [-0.3, -0.25) is 4.79 Å². The lowest BCUT2D eigenvalue weighted by atomic mass is 10.1. The fourth-order valence-electron chi connectivity index (χ4n) is 2.04. The number of nitrogens with zero attached hydrogens (tertiary/aromatic N) is 1. The number of methoxy groups -OCH3 is 1. The molecule has 1 aromatic heterocycles. The Bertz CT molecular complexity index is 700. The molecule has 0 fully saturated rings. The molecule has 0 aliphatic rings. The number of aryl methyl sites for hydroxylation is 1. The highest BCUT2D eigenvalue weighted by Gasteiger charge is 2.18. The third-order valence-corrected chi connectivity index (χ3v) is 3.32. The molecule has 0 atom stereocenters. The van der Waals surface area contributed by atoms with Crippen molar-refractivity contribution in [3.05, 3.63) is 51.5 Å². The van der Waals surface area contributed by atoms with Gasteiger partial charge in [-0.15, -0.1) is 0 Å². The van der Waals surface area contributed by atoms with Crippen LogP contribution in [-0.4, -0.2) is 24.3 Å². The van der Waals surface area contributed by atoms with Crippen molar-refractivity contribution in [3.63, 3.8) is 0 Å². The van der Waals surface area contributed by atoms with Crippen molar-refractivity contribution < 1.29 is 14.1 Å². The summed E-state index contributed by atoms with van der Waals surface area (Å²) in [6.45, 7) is 2.10. The summed E-state index contributed by atoms with van der Waals surface area (Å²) in [5, 5.41) is 2.73. The Morgan fingerprint density at radius 2 is 2.19 bits per heavy atom. The maximum Gasteiger partial charge on any atom is 0.370 e. The summed E-state index contributed by atoms with van der Waals surface area (Å²) in [5.41, 5.74) is 1.00. The van der Waals surface area contributed by atoms with Gasteiger partial charge in [0.25, 0.3) is 5.91 Å². The number of amides is 1. The van der Waals surface area contributed by atoms with Gasteiger partial charge in [0.2, 0.25) is 0 Å². The van der Waals surface area contributed by atoms with Crippen molar-refractivity contribution in [2.24, 2.45) is 7.05 Å². The van der Waals surface area contributed by atoms with Crippen LogP contribution in [-0.2, 0) is 13.5 Å². The molecule has 112 valence electrons. The summed E-state index contributed by atoms with van der Waals surface area (Å²) >= 11 is 0. The van der Waals surface area contributed by atoms with E-state index in [0.717, 1.165) is 11.3 Å². The molecule has 0 spiro atoms. The third kappa shape index (κ3) is 3.34. The molecule has 21 heavy (non-hydrogen) atoms. The number of hydrogen-bond acceptors (Lipinski definition) is 4. The first kappa shape index (κ1) is 14.9. The topological polar surface area (TPSA) is 73.5 Å². The van der Waals surface area contributed by atoms with E-state index in [2.05, 4.69) is 5.32 Å². The highest BCUT2D eigenvalue weighted by Crippen LogP contribution is 2.12. The van der Waals surface area contributed by atoms with E-state index in [1.54, 1.807) is 21.1 Å². The van der Waals surface area contributed by atoms with E-state index in [-0.39, 0.29) is 5.56 Å². The second-order valence-corrected chi connectivity index (χ2v) is 4.69. The number of benzene rings is 1. The molecule has 1 amide bonds. The number of rotatable bonds is 5. The van der Waals surface area contributed by atoms with E-state index >= 15 is 0 Å². The highest BCUT2D eigenvalue weighted by atomic mass is 16.5. The zero-order valence-electron chi connectivity index (χ0n) is 12.3. The smallest absolute Gasteiger partial charge is 0.370 e. The zero-order valence-corrected chi connectivity index (χ0v) is 12.3. The van der Waals surface area contributed by atoms with E-state index in [1.165, 1.54) is 4.74 Å². The lowest BCUT2D eigenvalue weighted by molar-refractivity contribution is 0.0951. The molecule has 2 aromatic rings. The van der Waals surface area contributed by atoms with Crippen LogP contribution in [0.2, 0.25) is 0 Å². The lowest BCUT2D eigenvalue weighted by Crippen LogP contribution is -2.29. The van der Waals surface area contributed by atoms with Crippen LogP contribution in [0.15, 0.2) is 33.6 Å². The molecule has 0 aliphatic carbocycles. The van der Waals surface area contributed by atoms with Crippen LogP contribution in [0.4, 0.5) is 0 Å². The van der Waals surface area contributed by atoms with Gasteiger partial charge < -0.3 is 14.6 Å². The molecule has 0 radical (unpaired) electrons. The van der Waals surface area contributed by atoms with Gasteiger partial charge in [-0.2, -0.15) is 0 Å². The SMILES string of the molecule is COc1cccc(CCNC(=O)c2c(C)n(C)oc2=O)c1. The van der Waals surface area contributed by atoms with Crippen molar-refractivity contribution in [1.29, 1.82) is 0 Å². The molecule has 6 nitrogen and oxygen atoms in total. The van der Waals surface area contributed by atoms with Crippen molar-refractivity contribution >= 4 is 5.91 Å². The zero-order chi connectivity index (χ0) is 15.4. The third-order valence-electron chi connectivity index (χ3n) is 3.32.